The number of anilines is 1. The quantitative estimate of drug-likeness (QED) is 0.773. The molecule has 2 amide bonds. The second-order valence-corrected chi connectivity index (χ2v) is 5.23. The van der Waals surface area contributed by atoms with Gasteiger partial charge in [-0.2, -0.15) is 5.10 Å². The lowest BCUT2D eigenvalue weighted by Crippen LogP contribution is -2.31. The normalized spacial score (nSPS) is 11.8. The number of benzene rings is 2. The van der Waals surface area contributed by atoms with Crippen LogP contribution in [0.5, 0.6) is 0 Å². The number of rotatable bonds is 4. The Balaban J connectivity index is 1.63. The maximum Gasteiger partial charge on any atom is 0.319 e. The lowest BCUT2D eigenvalue weighted by atomic mass is 10.1. The Morgan fingerprint density at radius 1 is 1.17 bits per heavy atom. The lowest BCUT2D eigenvalue weighted by Gasteiger charge is -2.15. The van der Waals surface area contributed by atoms with E-state index in [1.165, 1.54) is 18.5 Å². The largest absolute Gasteiger partial charge is 0.331 e. The van der Waals surface area contributed by atoms with Crippen molar-refractivity contribution in [3.63, 3.8) is 0 Å². The van der Waals surface area contributed by atoms with Crippen molar-refractivity contribution in [3.05, 3.63) is 72.6 Å². The van der Waals surface area contributed by atoms with Gasteiger partial charge in [0.2, 0.25) is 0 Å². The Kier molecular flexibility index (Phi) is 4.51. The number of carbonyl (C=O) groups excluding carboxylic acids is 1. The number of halogens is 1. The molecule has 2 N–H and O–H groups in total. The van der Waals surface area contributed by atoms with E-state index in [-0.39, 0.29) is 11.7 Å². The van der Waals surface area contributed by atoms with E-state index < -0.39 is 11.8 Å². The van der Waals surface area contributed by atoms with E-state index in [1.807, 2.05) is 31.2 Å². The van der Waals surface area contributed by atoms with Crippen LogP contribution in [0.15, 0.2) is 61.2 Å². The van der Waals surface area contributed by atoms with Gasteiger partial charge < -0.3 is 10.6 Å². The minimum absolute atomic E-state index is 0.142. The molecule has 6 nitrogen and oxygen atoms in total. The molecule has 7 heteroatoms. The second kappa shape index (κ2) is 6.91. The van der Waals surface area contributed by atoms with Gasteiger partial charge in [-0.25, -0.2) is 18.9 Å². The molecule has 1 aromatic heterocycles. The number of aromatic nitrogens is 3. The molecule has 0 unspecified atom stereocenters. The van der Waals surface area contributed by atoms with Crippen LogP contribution in [0.1, 0.15) is 18.5 Å². The maximum atomic E-state index is 13.5. The third kappa shape index (κ3) is 3.57. The van der Waals surface area contributed by atoms with Gasteiger partial charge in [-0.3, -0.25) is 0 Å². The molecule has 2 aromatic carbocycles. The summed E-state index contributed by atoms with van der Waals surface area (Å²) in [6.45, 7) is 1.85. The zero-order valence-electron chi connectivity index (χ0n) is 13.0. The fourth-order valence-corrected chi connectivity index (χ4v) is 2.26. The number of hydrogen-bond donors (Lipinski definition) is 2. The van der Waals surface area contributed by atoms with Crippen molar-refractivity contribution in [1.29, 1.82) is 0 Å². The molecule has 0 aliphatic carbocycles. The van der Waals surface area contributed by atoms with Crippen molar-refractivity contribution in [3.8, 4) is 5.69 Å². The van der Waals surface area contributed by atoms with Gasteiger partial charge in [0.15, 0.2) is 0 Å². The highest BCUT2D eigenvalue weighted by molar-refractivity contribution is 5.89. The van der Waals surface area contributed by atoms with Crippen LogP contribution in [-0.4, -0.2) is 20.8 Å². The van der Waals surface area contributed by atoms with E-state index in [1.54, 1.807) is 23.1 Å². The van der Waals surface area contributed by atoms with Gasteiger partial charge in [0, 0.05) is 0 Å². The maximum absolute atomic E-state index is 13.5. The van der Waals surface area contributed by atoms with Crippen molar-refractivity contribution >= 4 is 11.7 Å². The molecular weight excluding hydrogens is 309 g/mol. The van der Waals surface area contributed by atoms with E-state index in [4.69, 9.17) is 0 Å². The first-order chi connectivity index (χ1) is 11.6. The van der Waals surface area contributed by atoms with E-state index in [9.17, 15) is 9.18 Å². The van der Waals surface area contributed by atoms with Gasteiger partial charge in [0.05, 0.1) is 17.4 Å². The molecule has 1 atom stereocenters. The number of amides is 2. The van der Waals surface area contributed by atoms with Crippen molar-refractivity contribution < 1.29 is 9.18 Å². The van der Waals surface area contributed by atoms with Crippen molar-refractivity contribution in [2.45, 2.75) is 13.0 Å². The predicted octanol–water partition coefficient (Wildman–Crippen LogP) is 3.29. The van der Waals surface area contributed by atoms with E-state index >= 15 is 0 Å². The van der Waals surface area contributed by atoms with Crippen LogP contribution >= 0.6 is 0 Å². The van der Waals surface area contributed by atoms with Crippen LogP contribution in [0.2, 0.25) is 0 Å². The Morgan fingerprint density at radius 2 is 1.92 bits per heavy atom. The standard InChI is InChI=1S/C17H16FN5O/c1-12(21-17(24)22-16-5-3-2-4-15(16)18)13-6-8-14(9-7-13)23-11-19-10-20-23/h2-12H,1H3,(H2,21,22,24)/t12-/m1/s1. The summed E-state index contributed by atoms with van der Waals surface area (Å²) in [6, 6.07) is 12.9. The summed E-state index contributed by atoms with van der Waals surface area (Å²) in [7, 11) is 0. The molecule has 0 fully saturated rings. The number of hydrogen-bond acceptors (Lipinski definition) is 3. The van der Waals surface area contributed by atoms with Gasteiger partial charge in [0.1, 0.15) is 18.5 Å². The minimum atomic E-state index is -0.475. The predicted molar refractivity (Wildman–Crippen MR) is 88.3 cm³/mol. The highest BCUT2D eigenvalue weighted by atomic mass is 19.1. The van der Waals surface area contributed by atoms with Crippen molar-refractivity contribution in [2.24, 2.45) is 0 Å². The zero-order valence-corrected chi connectivity index (χ0v) is 13.0. The van der Waals surface area contributed by atoms with E-state index in [0.717, 1.165) is 11.3 Å². The van der Waals surface area contributed by atoms with Gasteiger partial charge in [-0.05, 0) is 36.8 Å². The highest BCUT2D eigenvalue weighted by Crippen LogP contribution is 2.16. The van der Waals surface area contributed by atoms with Gasteiger partial charge >= 0.3 is 6.03 Å². The van der Waals surface area contributed by atoms with Crippen molar-refractivity contribution in [2.75, 3.05) is 5.32 Å². The molecule has 0 saturated carbocycles. The zero-order chi connectivity index (χ0) is 16.9. The van der Waals surface area contributed by atoms with Crippen LogP contribution in [0.4, 0.5) is 14.9 Å². The van der Waals surface area contributed by atoms with Crippen LogP contribution in [-0.2, 0) is 0 Å². The summed E-state index contributed by atoms with van der Waals surface area (Å²) < 4.78 is 15.2. The number of nitrogens with zero attached hydrogens (tertiary/aromatic N) is 3. The Morgan fingerprint density at radius 3 is 2.58 bits per heavy atom. The fraction of sp³-hybridized carbons (Fsp3) is 0.118. The molecule has 0 bridgehead atoms. The smallest absolute Gasteiger partial charge is 0.319 e. The van der Waals surface area contributed by atoms with E-state index in [2.05, 4.69) is 20.7 Å². The summed E-state index contributed by atoms with van der Waals surface area (Å²) in [4.78, 5) is 15.9. The molecule has 0 radical (unpaired) electrons. The summed E-state index contributed by atoms with van der Waals surface area (Å²) in [5.41, 5.74) is 1.94. The first kappa shape index (κ1) is 15.7. The number of carbonyl (C=O) groups is 1. The number of para-hydroxylation sites is 1. The topological polar surface area (TPSA) is 71.8 Å². The molecule has 3 rings (SSSR count). The Bertz CT molecular complexity index is 817. The van der Waals surface area contributed by atoms with E-state index in [0.29, 0.717) is 0 Å². The van der Waals surface area contributed by atoms with Crippen LogP contribution in [0, 0.1) is 5.82 Å². The number of urea groups is 1. The Labute approximate surface area is 138 Å². The van der Waals surface area contributed by atoms with Gasteiger partial charge in [-0.15, -0.1) is 0 Å². The third-order valence-electron chi connectivity index (χ3n) is 3.55. The van der Waals surface area contributed by atoms with Crippen LogP contribution in [0.3, 0.4) is 0 Å². The molecule has 0 saturated heterocycles. The first-order valence-corrected chi connectivity index (χ1v) is 7.40. The summed E-state index contributed by atoms with van der Waals surface area (Å²) >= 11 is 0. The summed E-state index contributed by atoms with van der Waals surface area (Å²) in [5.74, 6) is -0.475. The molecule has 0 aliphatic rings. The number of nitrogens with one attached hydrogen (secondary N) is 2. The molecule has 24 heavy (non-hydrogen) atoms. The summed E-state index contributed by atoms with van der Waals surface area (Å²) in [5, 5.41) is 9.33. The van der Waals surface area contributed by atoms with Crippen LogP contribution in [0.25, 0.3) is 5.69 Å². The first-order valence-electron chi connectivity index (χ1n) is 7.40. The minimum Gasteiger partial charge on any atom is -0.331 e. The van der Waals surface area contributed by atoms with Gasteiger partial charge in [-0.1, -0.05) is 24.3 Å². The van der Waals surface area contributed by atoms with Crippen LogP contribution < -0.4 is 10.6 Å². The molecule has 0 aliphatic heterocycles. The fourth-order valence-electron chi connectivity index (χ4n) is 2.26. The molecule has 1 heterocycles. The van der Waals surface area contributed by atoms with Gasteiger partial charge in [0.25, 0.3) is 0 Å². The summed E-state index contributed by atoms with van der Waals surface area (Å²) in [6.07, 6.45) is 3.07. The Hall–Kier alpha value is -3.22. The average Bonchev–Trinajstić information content (AvgIpc) is 3.11. The molecule has 122 valence electrons. The molecule has 0 spiro atoms. The molecule has 3 aromatic rings. The lowest BCUT2D eigenvalue weighted by molar-refractivity contribution is 0.249. The highest BCUT2D eigenvalue weighted by Gasteiger charge is 2.11. The monoisotopic (exact) mass is 325 g/mol. The molecular formula is C17H16FN5O. The SMILES string of the molecule is C[C@@H](NC(=O)Nc1ccccc1F)c1ccc(-n2cncn2)cc1. The van der Waals surface area contributed by atoms with Crippen molar-refractivity contribution in [1.82, 2.24) is 20.1 Å². The average molecular weight is 325 g/mol. The third-order valence-corrected chi connectivity index (χ3v) is 3.55. The second-order valence-electron chi connectivity index (χ2n) is 5.23.